The average molecular weight is 384 g/mol. The second kappa shape index (κ2) is 10.6. The van der Waals surface area contributed by atoms with Crippen molar-refractivity contribution in [3.63, 3.8) is 0 Å². The number of hydrogen-bond acceptors (Lipinski definition) is 4. The van der Waals surface area contributed by atoms with Crippen molar-refractivity contribution in [2.75, 3.05) is 39.1 Å². The zero-order chi connectivity index (χ0) is 18.8. The molecule has 2 rings (SSSR count). The summed E-state index contributed by atoms with van der Waals surface area (Å²) in [5, 5.41) is 6.59. The Hall–Kier alpha value is -1.47. The van der Waals surface area contributed by atoms with E-state index in [4.69, 9.17) is 14.5 Å². The minimum atomic E-state index is -0.295. The van der Waals surface area contributed by atoms with Crippen molar-refractivity contribution in [2.24, 2.45) is 4.99 Å². The van der Waals surface area contributed by atoms with Crippen LogP contribution in [0.5, 0.6) is 5.75 Å². The highest BCUT2D eigenvalue weighted by molar-refractivity contribution is 8.00. The third kappa shape index (κ3) is 6.68. The zero-order valence-electron chi connectivity index (χ0n) is 15.9. The molecule has 2 N–H and O–H groups in total. The van der Waals surface area contributed by atoms with Crippen molar-refractivity contribution >= 4 is 17.7 Å². The summed E-state index contributed by atoms with van der Waals surface area (Å²) in [7, 11) is 0. The number of halogens is 1. The predicted octanol–water partition coefficient (Wildman–Crippen LogP) is 3.06. The first-order chi connectivity index (χ1) is 12.6. The van der Waals surface area contributed by atoms with Crippen LogP contribution in [-0.2, 0) is 4.74 Å². The van der Waals surface area contributed by atoms with Gasteiger partial charge in [0.15, 0.2) is 5.96 Å². The molecule has 0 saturated carbocycles. The lowest BCUT2D eigenvalue weighted by Gasteiger charge is -2.34. The number of nitrogens with zero attached hydrogens (tertiary/aromatic N) is 1. The SMILES string of the molecule is CCNC(=NCC1(SC)CCOCC1)NCC(C)Oc1cccc(F)c1. The molecule has 1 heterocycles. The van der Waals surface area contributed by atoms with Crippen molar-refractivity contribution < 1.29 is 13.9 Å². The summed E-state index contributed by atoms with van der Waals surface area (Å²) in [5.74, 6) is 1.02. The van der Waals surface area contributed by atoms with Crippen LogP contribution in [0.3, 0.4) is 0 Å². The molecule has 0 spiro atoms. The van der Waals surface area contributed by atoms with Gasteiger partial charge in [-0.05, 0) is 45.1 Å². The van der Waals surface area contributed by atoms with Gasteiger partial charge in [0, 0.05) is 30.6 Å². The van der Waals surface area contributed by atoms with E-state index in [2.05, 4.69) is 16.9 Å². The number of rotatable bonds is 8. The molecule has 1 saturated heterocycles. The predicted molar refractivity (Wildman–Crippen MR) is 107 cm³/mol. The Morgan fingerprint density at radius 1 is 1.38 bits per heavy atom. The van der Waals surface area contributed by atoms with Crippen LogP contribution >= 0.6 is 11.8 Å². The smallest absolute Gasteiger partial charge is 0.191 e. The fraction of sp³-hybridized carbons (Fsp3) is 0.632. The largest absolute Gasteiger partial charge is 0.489 e. The minimum Gasteiger partial charge on any atom is -0.489 e. The maximum Gasteiger partial charge on any atom is 0.191 e. The Labute approximate surface area is 160 Å². The molecule has 1 aliphatic heterocycles. The highest BCUT2D eigenvalue weighted by Crippen LogP contribution is 2.33. The zero-order valence-corrected chi connectivity index (χ0v) is 16.7. The Kier molecular flexibility index (Phi) is 8.51. The molecule has 0 amide bonds. The van der Waals surface area contributed by atoms with E-state index >= 15 is 0 Å². The van der Waals surface area contributed by atoms with Crippen LogP contribution in [0.25, 0.3) is 0 Å². The molecular formula is C19H30FN3O2S. The van der Waals surface area contributed by atoms with Crippen molar-refractivity contribution in [1.29, 1.82) is 0 Å². The molecular weight excluding hydrogens is 353 g/mol. The van der Waals surface area contributed by atoms with E-state index < -0.39 is 0 Å². The van der Waals surface area contributed by atoms with Crippen LogP contribution in [0, 0.1) is 5.82 Å². The first-order valence-corrected chi connectivity index (χ1v) is 10.4. The number of aliphatic imine (C=N–C) groups is 1. The molecule has 0 aliphatic carbocycles. The van der Waals surface area contributed by atoms with Crippen molar-refractivity contribution in [3.8, 4) is 5.75 Å². The number of nitrogens with one attached hydrogen (secondary N) is 2. The standard InChI is InChI=1S/C19H30FN3O2S/c1-4-21-18(23-14-19(26-3)8-10-24-11-9-19)22-13-15(2)25-17-7-5-6-16(20)12-17/h5-7,12,15H,4,8-11,13-14H2,1-3H3,(H2,21,22,23). The fourth-order valence-corrected chi connectivity index (χ4v) is 3.56. The quantitative estimate of drug-likeness (QED) is 0.534. The number of hydrogen-bond donors (Lipinski definition) is 2. The maximum atomic E-state index is 13.2. The topological polar surface area (TPSA) is 54.9 Å². The molecule has 1 unspecified atom stereocenters. The number of ether oxygens (including phenoxy) is 2. The lowest BCUT2D eigenvalue weighted by molar-refractivity contribution is 0.0794. The first kappa shape index (κ1) is 20.8. The summed E-state index contributed by atoms with van der Waals surface area (Å²) in [6.07, 6.45) is 4.08. The van der Waals surface area contributed by atoms with E-state index in [0.717, 1.165) is 45.1 Å². The van der Waals surface area contributed by atoms with Gasteiger partial charge in [0.2, 0.25) is 0 Å². The maximum absolute atomic E-state index is 13.2. The van der Waals surface area contributed by atoms with Gasteiger partial charge in [0.1, 0.15) is 17.7 Å². The Bertz CT molecular complexity index is 580. The van der Waals surface area contributed by atoms with Gasteiger partial charge < -0.3 is 20.1 Å². The van der Waals surface area contributed by atoms with Gasteiger partial charge in [-0.3, -0.25) is 4.99 Å². The lowest BCUT2D eigenvalue weighted by Crippen LogP contribution is -2.43. The van der Waals surface area contributed by atoms with E-state index in [1.54, 1.807) is 12.1 Å². The van der Waals surface area contributed by atoms with E-state index in [1.165, 1.54) is 12.1 Å². The van der Waals surface area contributed by atoms with Gasteiger partial charge in [-0.1, -0.05) is 6.07 Å². The van der Waals surface area contributed by atoms with Gasteiger partial charge in [-0.15, -0.1) is 0 Å². The molecule has 5 nitrogen and oxygen atoms in total. The summed E-state index contributed by atoms with van der Waals surface area (Å²) >= 11 is 1.88. The Morgan fingerprint density at radius 3 is 2.81 bits per heavy atom. The molecule has 1 atom stereocenters. The minimum absolute atomic E-state index is 0.113. The van der Waals surface area contributed by atoms with Crippen LogP contribution in [-0.4, -0.2) is 55.9 Å². The van der Waals surface area contributed by atoms with Crippen LogP contribution in [0.4, 0.5) is 4.39 Å². The van der Waals surface area contributed by atoms with Crippen molar-refractivity contribution in [2.45, 2.75) is 37.5 Å². The third-order valence-electron chi connectivity index (χ3n) is 4.40. The highest BCUT2D eigenvalue weighted by Gasteiger charge is 2.31. The molecule has 26 heavy (non-hydrogen) atoms. The van der Waals surface area contributed by atoms with E-state index in [-0.39, 0.29) is 16.7 Å². The molecule has 1 aromatic rings. The van der Waals surface area contributed by atoms with E-state index in [9.17, 15) is 4.39 Å². The van der Waals surface area contributed by atoms with Crippen molar-refractivity contribution in [1.82, 2.24) is 10.6 Å². The van der Waals surface area contributed by atoms with Crippen LogP contribution < -0.4 is 15.4 Å². The number of thioether (sulfide) groups is 1. The summed E-state index contributed by atoms with van der Waals surface area (Å²) in [6.45, 7) is 7.73. The second-order valence-electron chi connectivity index (χ2n) is 6.46. The number of guanidine groups is 1. The van der Waals surface area contributed by atoms with Gasteiger partial charge in [0.05, 0.1) is 13.1 Å². The summed E-state index contributed by atoms with van der Waals surface area (Å²) in [4.78, 5) is 4.78. The fourth-order valence-electron chi connectivity index (χ4n) is 2.79. The molecule has 146 valence electrons. The van der Waals surface area contributed by atoms with E-state index in [0.29, 0.717) is 12.3 Å². The first-order valence-electron chi connectivity index (χ1n) is 9.14. The van der Waals surface area contributed by atoms with Gasteiger partial charge in [-0.25, -0.2) is 4.39 Å². The van der Waals surface area contributed by atoms with E-state index in [1.807, 2.05) is 25.6 Å². The molecule has 1 aromatic carbocycles. The Morgan fingerprint density at radius 2 is 2.15 bits per heavy atom. The molecule has 7 heteroatoms. The summed E-state index contributed by atoms with van der Waals surface area (Å²) in [6, 6.07) is 6.20. The van der Waals surface area contributed by atoms with Gasteiger partial charge in [-0.2, -0.15) is 11.8 Å². The van der Waals surface area contributed by atoms with Crippen LogP contribution in [0.15, 0.2) is 29.3 Å². The molecule has 0 radical (unpaired) electrons. The highest BCUT2D eigenvalue weighted by atomic mass is 32.2. The lowest BCUT2D eigenvalue weighted by atomic mass is 9.99. The monoisotopic (exact) mass is 383 g/mol. The van der Waals surface area contributed by atoms with Crippen LogP contribution in [0.2, 0.25) is 0 Å². The normalized spacial score (nSPS) is 18.2. The van der Waals surface area contributed by atoms with Gasteiger partial charge >= 0.3 is 0 Å². The van der Waals surface area contributed by atoms with Gasteiger partial charge in [0.25, 0.3) is 0 Å². The summed E-state index contributed by atoms with van der Waals surface area (Å²) < 4.78 is 24.6. The average Bonchev–Trinajstić information content (AvgIpc) is 2.65. The Balaban J connectivity index is 1.88. The second-order valence-corrected chi connectivity index (χ2v) is 7.74. The molecule has 1 fully saturated rings. The summed E-state index contributed by atoms with van der Waals surface area (Å²) in [5.41, 5.74) is 0. The van der Waals surface area contributed by atoms with Crippen molar-refractivity contribution in [3.05, 3.63) is 30.1 Å². The van der Waals surface area contributed by atoms with Crippen LogP contribution in [0.1, 0.15) is 26.7 Å². The molecule has 1 aliphatic rings. The molecule has 0 aromatic heterocycles. The number of benzene rings is 1. The molecule has 0 bridgehead atoms. The third-order valence-corrected chi connectivity index (χ3v) is 5.80.